The molecular weight excluding hydrogens is 238 g/mol. The predicted octanol–water partition coefficient (Wildman–Crippen LogP) is 2.50. The van der Waals surface area contributed by atoms with Crippen LogP contribution in [0.15, 0.2) is 18.5 Å². The molecule has 1 aromatic rings. The SMILES string of the molecule is CN(C)c1ccncc1NCC1(CO)CCCCC1. The van der Waals surface area contributed by atoms with E-state index < -0.39 is 0 Å². The Balaban J connectivity index is 2.05. The zero-order chi connectivity index (χ0) is 13.7. The molecule has 106 valence electrons. The molecule has 0 radical (unpaired) electrons. The molecule has 1 aromatic heterocycles. The van der Waals surface area contributed by atoms with E-state index in [1.807, 2.05) is 32.6 Å². The molecule has 0 atom stereocenters. The average Bonchev–Trinajstić information content (AvgIpc) is 2.46. The lowest BCUT2D eigenvalue weighted by molar-refractivity contribution is 0.0944. The van der Waals surface area contributed by atoms with Crippen LogP contribution in [0, 0.1) is 5.41 Å². The van der Waals surface area contributed by atoms with E-state index in [0.29, 0.717) is 0 Å². The fourth-order valence-electron chi connectivity index (χ4n) is 2.89. The first-order valence-electron chi connectivity index (χ1n) is 7.13. The third kappa shape index (κ3) is 3.38. The maximum absolute atomic E-state index is 9.73. The molecule has 2 N–H and O–H groups in total. The normalized spacial score (nSPS) is 18.1. The van der Waals surface area contributed by atoms with Gasteiger partial charge in [0.1, 0.15) is 0 Å². The smallest absolute Gasteiger partial charge is 0.0764 e. The fourth-order valence-corrected chi connectivity index (χ4v) is 2.89. The lowest BCUT2D eigenvalue weighted by Gasteiger charge is -2.36. The summed E-state index contributed by atoms with van der Waals surface area (Å²) in [4.78, 5) is 6.27. The monoisotopic (exact) mass is 263 g/mol. The van der Waals surface area contributed by atoms with Crippen LogP contribution in [-0.4, -0.2) is 37.3 Å². The van der Waals surface area contributed by atoms with Crippen LogP contribution in [0.1, 0.15) is 32.1 Å². The number of aliphatic hydroxyl groups excluding tert-OH is 1. The Morgan fingerprint density at radius 3 is 2.68 bits per heavy atom. The quantitative estimate of drug-likeness (QED) is 0.857. The van der Waals surface area contributed by atoms with Gasteiger partial charge in [-0.05, 0) is 18.9 Å². The molecule has 0 bridgehead atoms. The van der Waals surface area contributed by atoms with Crippen LogP contribution < -0.4 is 10.2 Å². The molecule has 19 heavy (non-hydrogen) atoms. The Labute approximate surface area is 115 Å². The molecule has 1 aliphatic carbocycles. The Bertz CT molecular complexity index is 400. The van der Waals surface area contributed by atoms with Crippen molar-refractivity contribution >= 4 is 11.4 Å². The number of rotatable bonds is 5. The number of nitrogens with zero attached hydrogens (tertiary/aromatic N) is 2. The molecule has 0 amide bonds. The third-order valence-electron chi connectivity index (χ3n) is 4.18. The van der Waals surface area contributed by atoms with Crippen LogP contribution in [-0.2, 0) is 0 Å². The minimum atomic E-state index is 0.0532. The molecule has 4 nitrogen and oxygen atoms in total. The second-order valence-electron chi connectivity index (χ2n) is 5.86. The number of hydrogen-bond donors (Lipinski definition) is 2. The topological polar surface area (TPSA) is 48.4 Å². The third-order valence-corrected chi connectivity index (χ3v) is 4.18. The number of aliphatic hydroxyl groups is 1. The summed E-state index contributed by atoms with van der Waals surface area (Å²) in [7, 11) is 4.06. The minimum absolute atomic E-state index is 0.0532. The summed E-state index contributed by atoms with van der Waals surface area (Å²) in [6.45, 7) is 1.10. The lowest BCUT2D eigenvalue weighted by Crippen LogP contribution is -2.35. The number of anilines is 2. The molecule has 1 fully saturated rings. The maximum Gasteiger partial charge on any atom is 0.0764 e. The predicted molar refractivity (Wildman–Crippen MR) is 79.7 cm³/mol. The van der Waals surface area contributed by atoms with Crippen molar-refractivity contribution in [2.75, 3.05) is 37.5 Å². The van der Waals surface area contributed by atoms with Gasteiger partial charge < -0.3 is 15.3 Å². The van der Waals surface area contributed by atoms with Crippen molar-refractivity contribution in [3.8, 4) is 0 Å². The summed E-state index contributed by atoms with van der Waals surface area (Å²) in [6, 6.07) is 2.01. The van der Waals surface area contributed by atoms with E-state index in [4.69, 9.17) is 0 Å². The largest absolute Gasteiger partial charge is 0.396 e. The Kier molecular flexibility index (Phi) is 4.64. The van der Waals surface area contributed by atoms with Gasteiger partial charge in [0.25, 0.3) is 0 Å². The van der Waals surface area contributed by atoms with Crippen LogP contribution >= 0.6 is 0 Å². The zero-order valence-electron chi connectivity index (χ0n) is 12.0. The first kappa shape index (κ1) is 14.1. The Morgan fingerprint density at radius 2 is 2.05 bits per heavy atom. The van der Waals surface area contributed by atoms with Gasteiger partial charge in [-0.1, -0.05) is 19.3 Å². The van der Waals surface area contributed by atoms with E-state index in [0.717, 1.165) is 30.8 Å². The Morgan fingerprint density at radius 1 is 1.32 bits per heavy atom. The van der Waals surface area contributed by atoms with Crippen molar-refractivity contribution < 1.29 is 5.11 Å². The van der Waals surface area contributed by atoms with Crippen molar-refractivity contribution in [3.05, 3.63) is 18.5 Å². The highest BCUT2D eigenvalue weighted by Crippen LogP contribution is 2.36. The van der Waals surface area contributed by atoms with Gasteiger partial charge in [0.15, 0.2) is 0 Å². The van der Waals surface area contributed by atoms with Gasteiger partial charge in [-0.25, -0.2) is 0 Å². The van der Waals surface area contributed by atoms with Gasteiger partial charge in [-0.15, -0.1) is 0 Å². The van der Waals surface area contributed by atoms with Crippen molar-refractivity contribution in [1.82, 2.24) is 4.98 Å². The number of pyridine rings is 1. The standard InChI is InChI=1S/C15H25N3O/c1-18(2)14-6-9-16-10-13(14)17-11-15(12-19)7-4-3-5-8-15/h6,9-10,17,19H,3-5,7-8,11-12H2,1-2H3. The van der Waals surface area contributed by atoms with Gasteiger partial charge >= 0.3 is 0 Å². The average molecular weight is 263 g/mol. The summed E-state index contributed by atoms with van der Waals surface area (Å²) in [5, 5.41) is 13.2. The highest BCUT2D eigenvalue weighted by Gasteiger charge is 2.31. The molecule has 1 aliphatic rings. The van der Waals surface area contributed by atoms with E-state index in [2.05, 4.69) is 15.2 Å². The molecule has 0 unspecified atom stereocenters. The van der Waals surface area contributed by atoms with Crippen molar-refractivity contribution in [2.45, 2.75) is 32.1 Å². The van der Waals surface area contributed by atoms with Gasteiger partial charge in [0.05, 0.1) is 24.2 Å². The van der Waals surface area contributed by atoms with Crippen molar-refractivity contribution in [1.29, 1.82) is 0 Å². The molecular formula is C15H25N3O. The second-order valence-corrected chi connectivity index (χ2v) is 5.86. The van der Waals surface area contributed by atoms with Crippen LogP contribution in [0.3, 0.4) is 0 Å². The van der Waals surface area contributed by atoms with E-state index in [1.165, 1.54) is 19.3 Å². The highest BCUT2D eigenvalue weighted by atomic mass is 16.3. The van der Waals surface area contributed by atoms with Gasteiger partial charge in [0, 0.05) is 32.3 Å². The molecule has 0 spiro atoms. The molecule has 1 saturated carbocycles. The van der Waals surface area contributed by atoms with Gasteiger partial charge in [-0.2, -0.15) is 0 Å². The number of aromatic nitrogens is 1. The van der Waals surface area contributed by atoms with E-state index >= 15 is 0 Å². The van der Waals surface area contributed by atoms with E-state index in [1.54, 1.807) is 0 Å². The minimum Gasteiger partial charge on any atom is -0.396 e. The van der Waals surface area contributed by atoms with Crippen LogP contribution in [0.25, 0.3) is 0 Å². The molecule has 4 heteroatoms. The van der Waals surface area contributed by atoms with E-state index in [-0.39, 0.29) is 12.0 Å². The number of nitrogens with one attached hydrogen (secondary N) is 1. The first-order valence-corrected chi connectivity index (χ1v) is 7.13. The van der Waals surface area contributed by atoms with Gasteiger partial charge in [-0.3, -0.25) is 4.98 Å². The summed E-state index contributed by atoms with van der Waals surface area (Å²) in [5.41, 5.74) is 2.24. The van der Waals surface area contributed by atoms with Gasteiger partial charge in [0.2, 0.25) is 0 Å². The highest BCUT2D eigenvalue weighted by molar-refractivity contribution is 5.68. The fraction of sp³-hybridized carbons (Fsp3) is 0.667. The molecule has 2 rings (SSSR count). The summed E-state index contributed by atoms with van der Waals surface area (Å²) in [5.74, 6) is 0. The summed E-state index contributed by atoms with van der Waals surface area (Å²) in [6.07, 6.45) is 9.68. The first-order chi connectivity index (χ1) is 9.17. The van der Waals surface area contributed by atoms with Crippen molar-refractivity contribution in [2.24, 2.45) is 5.41 Å². The van der Waals surface area contributed by atoms with Crippen molar-refractivity contribution in [3.63, 3.8) is 0 Å². The van der Waals surface area contributed by atoms with Crippen LogP contribution in [0.5, 0.6) is 0 Å². The summed E-state index contributed by atoms with van der Waals surface area (Å²) < 4.78 is 0. The molecule has 1 heterocycles. The second kappa shape index (κ2) is 6.24. The van der Waals surface area contributed by atoms with Crippen LogP contribution in [0.4, 0.5) is 11.4 Å². The van der Waals surface area contributed by atoms with E-state index in [9.17, 15) is 5.11 Å². The van der Waals surface area contributed by atoms with Crippen LogP contribution in [0.2, 0.25) is 0 Å². The molecule has 0 saturated heterocycles. The Hall–Kier alpha value is -1.29. The number of hydrogen-bond acceptors (Lipinski definition) is 4. The maximum atomic E-state index is 9.73. The summed E-state index contributed by atoms with van der Waals surface area (Å²) >= 11 is 0. The zero-order valence-corrected chi connectivity index (χ0v) is 12.0. The molecule has 0 aromatic carbocycles. The molecule has 0 aliphatic heterocycles. The lowest BCUT2D eigenvalue weighted by atomic mass is 9.74.